The number of rotatable bonds is 6. The molecule has 0 radical (unpaired) electrons. The van der Waals surface area contributed by atoms with Gasteiger partial charge in [-0.2, -0.15) is 0 Å². The number of nitrogens with one attached hydrogen (secondary N) is 1. The van der Waals surface area contributed by atoms with Gasteiger partial charge in [0.1, 0.15) is 5.75 Å². The number of aryl methyl sites for hydroxylation is 1. The quantitative estimate of drug-likeness (QED) is 0.640. The first-order chi connectivity index (χ1) is 11.9. The van der Waals surface area contributed by atoms with E-state index in [1.54, 1.807) is 0 Å². The summed E-state index contributed by atoms with van der Waals surface area (Å²) in [6.07, 6.45) is 4.47. The van der Waals surface area contributed by atoms with Crippen molar-refractivity contribution < 1.29 is 8.92 Å². The van der Waals surface area contributed by atoms with E-state index in [2.05, 4.69) is 47.8 Å². The highest BCUT2D eigenvalue weighted by atomic mass is 32.2. The zero-order valence-electron chi connectivity index (χ0n) is 13.8. The van der Waals surface area contributed by atoms with Crippen LogP contribution >= 0.6 is 12.0 Å². The van der Waals surface area contributed by atoms with Gasteiger partial charge < -0.3 is 14.2 Å². The van der Waals surface area contributed by atoms with E-state index in [9.17, 15) is 0 Å². The van der Waals surface area contributed by atoms with Crippen molar-refractivity contribution in [1.29, 1.82) is 0 Å². The molecule has 24 heavy (non-hydrogen) atoms. The van der Waals surface area contributed by atoms with Gasteiger partial charge in [0, 0.05) is 24.6 Å². The number of benzene rings is 2. The highest BCUT2D eigenvalue weighted by Crippen LogP contribution is 2.35. The van der Waals surface area contributed by atoms with Crippen LogP contribution in [0, 0.1) is 0 Å². The van der Waals surface area contributed by atoms with Crippen molar-refractivity contribution in [3.8, 4) is 5.75 Å². The normalized spacial score (nSPS) is 16.5. The van der Waals surface area contributed by atoms with Crippen LogP contribution < -0.4 is 10.1 Å². The summed E-state index contributed by atoms with van der Waals surface area (Å²) < 4.78 is 11.6. The first-order valence-corrected chi connectivity index (χ1v) is 9.48. The van der Waals surface area contributed by atoms with Gasteiger partial charge in [-0.15, -0.1) is 0 Å². The highest BCUT2D eigenvalue weighted by Gasteiger charge is 2.20. The average molecular weight is 341 g/mol. The summed E-state index contributed by atoms with van der Waals surface area (Å²) in [5, 5.41) is 3.61. The van der Waals surface area contributed by atoms with Gasteiger partial charge in [-0.1, -0.05) is 36.4 Å². The lowest BCUT2D eigenvalue weighted by molar-refractivity contribution is 0.279. The van der Waals surface area contributed by atoms with Crippen molar-refractivity contribution in [2.75, 3.05) is 19.8 Å². The van der Waals surface area contributed by atoms with E-state index in [-0.39, 0.29) is 0 Å². The predicted octanol–water partition coefficient (Wildman–Crippen LogP) is 3.79. The second kappa shape index (κ2) is 7.60. The van der Waals surface area contributed by atoms with Gasteiger partial charge in [-0.05, 0) is 48.4 Å². The molecule has 2 aliphatic rings. The molecular weight excluding hydrogens is 318 g/mol. The van der Waals surface area contributed by atoms with E-state index >= 15 is 0 Å². The van der Waals surface area contributed by atoms with E-state index in [0.717, 1.165) is 49.5 Å². The Morgan fingerprint density at radius 1 is 1.04 bits per heavy atom. The number of hydrogen-bond donors (Lipinski definition) is 1. The topological polar surface area (TPSA) is 30.5 Å². The van der Waals surface area contributed by atoms with Crippen LogP contribution in [0.2, 0.25) is 0 Å². The molecule has 4 heteroatoms. The number of para-hydroxylation sites is 1. The first-order valence-electron chi connectivity index (χ1n) is 8.74. The molecule has 0 amide bonds. The van der Waals surface area contributed by atoms with Crippen LogP contribution in [0.4, 0.5) is 0 Å². The van der Waals surface area contributed by atoms with Gasteiger partial charge in [0.05, 0.1) is 18.1 Å². The third-order valence-electron chi connectivity index (χ3n) is 4.72. The predicted molar refractivity (Wildman–Crippen MR) is 97.7 cm³/mol. The average Bonchev–Trinajstić information content (AvgIpc) is 3.04. The number of ether oxygens (including phenoxy) is 1. The van der Waals surface area contributed by atoms with Gasteiger partial charge in [-0.25, -0.2) is 0 Å². The molecule has 0 fully saturated rings. The summed E-state index contributed by atoms with van der Waals surface area (Å²) in [4.78, 5) is 1.10. The molecule has 2 aromatic rings. The Labute approximate surface area is 148 Å². The Kier molecular flexibility index (Phi) is 5.07. The van der Waals surface area contributed by atoms with Crippen LogP contribution in [0.3, 0.4) is 0 Å². The Morgan fingerprint density at radius 2 is 1.83 bits per heavy atom. The summed E-state index contributed by atoms with van der Waals surface area (Å²) in [5.41, 5.74) is 4.27. The summed E-state index contributed by atoms with van der Waals surface area (Å²) in [7, 11) is 0. The Balaban J connectivity index is 1.21. The minimum Gasteiger partial charge on any atom is -0.492 e. The van der Waals surface area contributed by atoms with E-state index in [1.807, 2.05) is 0 Å². The van der Waals surface area contributed by atoms with Crippen molar-refractivity contribution in [3.63, 3.8) is 0 Å². The summed E-state index contributed by atoms with van der Waals surface area (Å²) in [6, 6.07) is 15.6. The van der Waals surface area contributed by atoms with Crippen LogP contribution in [-0.2, 0) is 23.4 Å². The fraction of sp³-hybridized carbons (Fsp3) is 0.400. The van der Waals surface area contributed by atoms with Crippen molar-refractivity contribution in [3.05, 3.63) is 59.2 Å². The molecular formula is C20H23NO2S. The van der Waals surface area contributed by atoms with Crippen LogP contribution in [0.1, 0.15) is 23.1 Å². The highest BCUT2D eigenvalue weighted by molar-refractivity contribution is 7.94. The molecule has 126 valence electrons. The monoisotopic (exact) mass is 341 g/mol. The van der Waals surface area contributed by atoms with E-state index in [0.29, 0.717) is 12.6 Å². The largest absolute Gasteiger partial charge is 0.492 e. The smallest absolute Gasteiger partial charge is 0.138 e. The van der Waals surface area contributed by atoms with Gasteiger partial charge in [0.15, 0.2) is 0 Å². The fourth-order valence-corrected chi connectivity index (χ4v) is 4.23. The molecule has 2 aromatic carbocycles. The third-order valence-corrected chi connectivity index (χ3v) is 5.50. The number of fused-ring (bicyclic) bond motifs is 2. The molecule has 0 atom stereocenters. The molecule has 1 aliphatic carbocycles. The van der Waals surface area contributed by atoms with Crippen molar-refractivity contribution >= 4 is 12.0 Å². The molecule has 1 heterocycles. The summed E-state index contributed by atoms with van der Waals surface area (Å²) in [5.74, 6) is 1.02. The summed E-state index contributed by atoms with van der Waals surface area (Å²) in [6.45, 7) is 2.39. The standard InChI is InChI=1S/C20H23NO2S/c1-2-6-17-14-18(13-16(17)5-1)21-10-12-23-24-19-9-3-7-15-8-4-11-22-20(15)19/h1-3,5-7,9,18,21H,4,8,10-14H2. The SMILES string of the molecule is c1ccc2c(c1)CC(NCCOSc1cccc3c1OCCC3)C2. The Bertz CT molecular complexity index is 679. The zero-order valence-corrected chi connectivity index (χ0v) is 14.6. The summed E-state index contributed by atoms with van der Waals surface area (Å²) >= 11 is 1.44. The van der Waals surface area contributed by atoms with E-state index in [1.165, 1.54) is 28.7 Å². The minimum absolute atomic E-state index is 0.545. The fourth-order valence-electron chi connectivity index (χ4n) is 3.54. The van der Waals surface area contributed by atoms with Crippen LogP contribution in [0.5, 0.6) is 5.75 Å². The molecule has 3 nitrogen and oxygen atoms in total. The maximum atomic E-state index is 5.81. The molecule has 0 saturated heterocycles. The Morgan fingerprint density at radius 3 is 2.67 bits per heavy atom. The van der Waals surface area contributed by atoms with Crippen LogP contribution in [-0.4, -0.2) is 25.8 Å². The maximum Gasteiger partial charge on any atom is 0.138 e. The number of hydrogen-bond acceptors (Lipinski definition) is 4. The molecule has 1 aliphatic heterocycles. The molecule has 0 aromatic heterocycles. The minimum atomic E-state index is 0.545. The lowest BCUT2D eigenvalue weighted by atomic mass is 10.1. The van der Waals surface area contributed by atoms with Gasteiger partial charge in [-0.3, -0.25) is 0 Å². The van der Waals surface area contributed by atoms with Crippen molar-refractivity contribution in [1.82, 2.24) is 5.32 Å². The van der Waals surface area contributed by atoms with Gasteiger partial charge in [0.2, 0.25) is 0 Å². The van der Waals surface area contributed by atoms with Crippen LogP contribution in [0.25, 0.3) is 0 Å². The molecule has 0 spiro atoms. The molecule has 1 N–H and O–H groups in total. The Hall–Kier alpha value is -1.49. The molecule has 0 bridgehead atoms. The van der Waals surface area contributed by atoms with E-state index in [4.69, 9.17) is 8.92 Å². The third kappa shape index (κ3) is 3.61. The van der Waals surface area contributed by atoms with E-state index < -0.39 is 0 Å². The molecule has 4 rings (SSSR count). The van der Waals surface area contributed by atoms with Gasteiger partial charge >= 0.3 is 0 Å². The van der Waals surface area contributed by atoms with Crippen molar-refractivity contribution in [2.24, 2.45) is 0 Å². The second-order valence-corrected chi connectivity index (χ2v) is 7.27. The molecule has 0 unspecified atom stereocenters. The van der Waals surface area contributed by atoms with Crippen molar-refractivity contribution in [2.45, 2.75) is 36.6 Å². The van der Waals surface area contributed by atoms with Gasteiger partial charge in [0.25, 0.3) is 0 Å². The lowest BCUT2D eigenvalue weighted by Gasteiger charge is -2.19. The lowest BCUT2D eigenvalue weighted by Crippen LogP contribution is -2.32. The maximum absolute atomic E-state index is 5.81. The van der Waals surface area contributed by atoms with Crippen LogP contribution in [0.15, 0.2) is 47.4 Å². The second-order valence-electron chi connectivity index (χ2n) is 6.43. The molecule has 0 saturated carbocycles. The first kappa shape index (κ1) is 16.0. The zero-order chi connectivity index (χ0) is 16.2.